The fourth-order valence-electron chi connectivity index (χ4n) is 2.88. The zero-order valence-corrected chi connectivity index (χ0v) is 16.0. The van der Waals surface area contributed by atoms with Crippen LogP contribution in [0, 0.1) is 24.0 Å². The van der Waals surface area contributed by atoms with E-state index in [-0.39, 0.29) is 12.2 Å². The first kappa shape index (κ1) is 19.7. The van der Waals surface area contributed by atoms with Gasteiger partial charge in [-0.05, 0) is 43.7 Å². The molecular formula is C18H19N7O4. The van der Waals surface area contributed by atoms with Crippen LogP contribution in [-0.4, -0.2) is 44.1 Å². The summed E-state index contributed by atoms with van der Waals surface area (Å²) in [7, 11) is 1.54. The molecule has 0 unspecified atom stereocenters. The van der Waals surface area contributed by atoms with E-state index in [0.29, 0.717) is 28.4 Å². The molecule has 2 heterocycles. The molecule has 150 valence electrons. The lowest BCUT2D eigenvalue weighted by atomic mass is 10.1. The van der Waals surface area contributed by atoms with E-state index in [0.717, 1.165) is 5.56 Å². The minimum atomic E-state index is -0.434. The van der Waals surface area contributed by atoms with E-state index in [1.165, 1.54) is 18.5 Å². The van der Waals surface area contributed by atoms with E-state index in [1.54, 1.807) is 37.8 Å². The number of amides is 1. The Morgan fingerprint density at radius 3 is 2.83 bits per heavy atom. The molecule has 3 rings (SSSR count). The number of methoxy groups -OCH3 is 1. The highest BCUT2D eigenvalue weighted by molar-refractivity contribution is 5.93. The van der Waals surface area contributed by atoms with Crippen LogP contribution in [0.2, 0.25) is 0 Å². The molecule has 11 heteroatoms. The average Bonchev–Trinajstić information content (AvgIpc) is 3.30. The number of H-pyrrole nitrogens is 1. The largest absolute Gasteiger partial charge is 0.496 e. The number of aryl methyl sites for hydroxylation is 1. The van der Waals surface area contributed by atoms with Gasteiger partial charge < -0.3 is 4.74 Å². The quantitative estimate of drug-likeness (QED) is 0.355. The lowest BCUT2D eigenvalue weighted by Gasteiger charge is -2.10. The van der Waals surface area contributed by atoms with Gasteiger partial charge >= 0.3 is 5.69 Å². The van der Waals surface area contributed by atoms with Crippen LogP contribution in [0.1, 0.15) is 33.0 Å². The fraction of sp³-hybridized carbons (Fsp3) is 0.222. The second-order valence-corrected chi connectivity index (χ2v) is 6.17. The number of nitrogens with zero attached hydrogens (tertiary/aromatic N) is 5. The topological polar surface area (TPSA) is 140 Å². The van der Waals surface area contributed by atoms with Gasteiger partial charge in [0.1, 0.15) is 22.8 Å². The van der Waals surface area contributed by atoms with Crippen LogP contribution in [0.5, 0.6) is 5.75 Å². The van der Waals surface area contributed by atoms with Crippen molar-refractivity contribution >= 4 is 17.8 Å². The first-order chi connectivity index (χ1) is 13.9. The van der Waals surface area contributed by atoms with E-state index in [4.69, 9.17) is 4.74 Å². The molecule has 0 fully saturated rings. The van der Waals surface area contributed by atoms with Gasteiger partial charge in [0, 0.05) is 11.8 Å². The van der Waals surface area contributed by atoms with Crippen LogP contribution in [-0.2, 0) is 6.54 Å². The van der Waals surface area contributed by atoms with Crippen molar-refractivity contribution in [2.75, 3.05) is 7.11 Å². The second-order valence-electron chi connectivity index (χ2n) is 6.17. The molecule has 0 aliphatic rings. The van der Waals surface area contributed by atoms with Crippen LogP contribution in [0.3, 0.4) is 0 Å². The van der Waals surface area contributed by atoms with Gasteiger partial charge in [-0.15, -0.1) is 0 Å². The summed E-state index contributed by atoms with van der Waals surface area (Å²) in [5.41, 5.74) is 4.98. The van der Waals surface area contributed by atoms with Gasteiger partial charge in [0.25, 0.3) is 5.91 Å². The lowest BCUT2D eigenvalue weighted by molar-refractivity contribution is -0.386. The van der Waals surface area contributed by atoms with Crippen LogP contribution >= 0.6 is 0 Å². The summed E-state index contributed by atoms with van der Waals surface area (Å²) >= 11 is 0. The summed E-state index contributed by atoms with van der Waals surface area (Å²) in [6, 6.07) is 6.88. The van der Waals surface area contributed by atoms with E-state index in [1.807, 2.05) is 6.07 Å². The smallest absolute Gasteiger partial charge is 0.312 e. The van der Waals surface area contributed by atoms with Crippen molar-refractivity contribution in [3.63, 3.8) is 0 Å². The molecule has 0 radical (unpaired) electrons. The summed E-state index contributed by atoms with van der Waals surface area (Å²) in [4.78, 5) is 22.6. The van der Waals surface area contributed by atoms with Crippen molar-refractivity contribution in [3.05, 3.63) is 68.8 Å². The summed E-state index contributed by atoms with van der Waals surface area (Å²) in [6.07, 6.45) is 2.96. The summed E-state index contributed by atoms with van der Waals surface area (Å²) < 4.78 is 6.95. The fourth-order valence-corrected chi connectivity index (χ4v) is 2.88. The molecule has 0 spiro atoms. The van der Waals surface area contributed by atoms with Crippen LogP contribution in [0.25, 0.3) is 0 Å². The van der Waals surface area contributed by atoms with Gasteiger partial charge in [0.05, 0.1) is 24.8 Å². The Morgan fingerprint density at radius 1 is 1.41 bits per heavy atom. The van der Waals surface area contributed by atoms with Crippen molar-refractivity contribution < 1.29 is 14.5 Å². The maximum atomic E-state index is 11.8. The number of nitro groups is 1. The molecule has 1 aromatic carbocycles. The number of carbonyl (C=O) groups is 1. The number of carbonyl (C=O) groups excluding carboxylic acids is 1. The summed E-state index contributed by atoms with van der Waals surface area (Å²) in [5, 5.41) is 25.7. The molecular weight excluding hydrogens is 378 g/mol. The standard InChI is InChI=1S/C18H19N7O4/c1-11-17(25(27)28)12(2)24(23-11)10-14-8-13(4-5-16(14)29-3)9-20-22-18(26)15-6-7-19-21-15/h4-9H,10H2,1-3H3,(H,19,21)(H,22,26). The molecule has 0 saturated heterocycles. The Hall–Kier alpha value is -4.02. The molecule has 0 bridgehead atoms. The number of rotatable bonds is 7. The molecule has 2 N–H and O–H groups in total. The lowest BCUT2D eigenvalue weighted by Crippen LogP contribution is -2.18. The van der Waals surface area contributed by atoms with Crippen LogP contribution in [0.4, 0.5) is 5.69 Å². The van der Waals surface area contributed by atoms with Crippen LogP contribution in [0.15, 0.2) is 35.6 Å². The Kier molecular flexibility index (Phi) is 5.67. The number of aromatic nitrogens is 4. The molecule has 29 heavy (non-hydrogen) atoms. The first-order valence-electron chi connectivity index (χ1n) is 8.58. The van der Waals surface area contributed by atoms with Crippen molar-refractivity contribution in [1.82, 2.24) is 25.4 Å². The number of ether oxygens (including phenoxy) is 1. The normalized spacial score (nSPS) is 11.0. The molecule has 1 amide bonds. The zero-order chi connectivity index (χ0) is 21.0. The summed E-state index contributed by atoms with van der Waals surface area (Å²) in [5.74, 6) is 0.196. The predicted octanol–water partition coefficient (Wildman–Crippen LogP) is 1.95. The number of hydrazone groups is 1. The van der Waals surface area contributed by atoms with Gasteiger partial charge in [-0.3, -0.25) is 24.7 Å². The Morgan fingerprint density at radius 2 is 2.21 bits per heavy atom. The number of benzene rings is 1. The van der Waals surface area contributed by atoms with Gasteiger partial charge in [-0.25, -0.2) is 5.43 Å². The molecule has 3 aromatic rings. The Bertz CT molecular complexity index is 1070. The van der Waals surface area contributed by atoms with Crippen molar-refractivity contribution in [2.45, 2.75) is 20.4 Å². The third-order valence-corrected chi connectivity index (χ3v) is 4.28. The molecule has 0 aliphatic carbocycles. The molecule has 0 atom stereocenters. The highest BCUT2D eigenvalue weighted by Crippen LogP contribution is 2.25. The zero-order valence-electron chi connectivity index (χ0n) is 16.0. The SMILES string of the molecule is COc1ccc(C=NNC(=O)c2ccn[nH]2)cc1Cn1nc(C)c([N+](=O)[O-])c1C. The van der Waals surface area contributed by atoms with E-state index < -0.39 is 10.8 Å². The summed E-state index contributed by atoms with van der Waals surface area (Å²) in [6.45, 7) is 3.54. The highest BCUT2D eigenvalue weighted by atomic mass is 16.6. The maximum absolute atomic E-state index is 11.8. The Balaban J connectivity index is 1.81. The molecule has 2 aromatic heterocycles. The maximum Gasteiger partial charge on any atom is 0.312 e. The number of hydrogen-bond donors (Lipinski definition) is 2. The first-order valence-corrected chi connectivity index (χ1v) is 8.58. The monoisotopic (exact) mass is 397 g/mol. The van der Waals surface area contributed by atoms with Gasteiger partial charge in [-0.2, -0.15) is 15.3 Å². The van der Waals surface area contributed by atoms with Crippen molar-refractivity contribution in [1.29, 1.82) is 0 Å². The molecule has 11 nitrogen and oxygen atoms in total. The van der Waals surface area contributed by atoms with E-state index in [9.17, 15) is 14.9 Å². The minimum Gasteiger partial charge on any atom is -0.496 e. The average molecular weight is 397 g/mol. The molecule has 0 saturated carbocycles. The van der Waals surface area contributed by atoms with Crippen molar-refractivity contribution in [3.8, 4) is 5.75 Å². The number of aromatic amines is 1. The van der Waals surface area contributed by atoms with Gasteiger partial charge in [0.2, 0.25) is 0 Å². The highest BCUT2D eigenvalue weighted by Gasteiger charge is 2.22. The van der Waals surface area contributed by atoms with Gasteiger partial charge in [0.15, 0.2) is 0 Å². The third-order valence-electron chi connectivity index (χ3n) is 4.28. The van der Waals surface area contributed by atoms with Crippen LogP contribution < -0.4 is 10.2 Å². The Labute approximate surface area is 165 Å². The number of hydrogen-bond acceptors (Lipinski definition) is 7. The third kappa shape index (κ3) is 4.29. The van der Waals surface area contributed by atoms with E-state index in [2.05, 4.69) is 25.8 Å². The van der Waals surface area contributed by atoms with Crippen molar-refractivity contribution in [2.24, 2.45) is 5.10 Å². The predicted molar refractivity (Wildman–Crippen MR) is 104 cm³/mol. The second kappa shape index (κ2) is 8.33. The minimum absolute atomic E-state index is 0.00297. The number of nitrogens with one attached hydrogen (secondary N) is 2. The van der Waals surface area contributed by atoms with Gasteiger partial charge in [-0.1, -0.05) is 0 Å². The molecule has 0 aliphatic heterocycles. The van der Waals surface area contributed by atoms with E-state index >= 15 is 0 Å².